The Morgan fingerprint density at radius 2 is 2.28 bits per heavy atom. The van der Waals surface area contributed by atoms with Crippen molar-refractivity contribution in [2.24, 2.45) is 0 Å². The van der Waals surface area contributed by atoms with E-state index in [9.17, 15) is 9.59 Å². The molecule has 2 amide bonds. The van der Waals surface area contributed by atoms with E-state index in [0.29, 0.717) is 6.54 Å². The van der Waals surface area contributed by atoms with Gasteiger partial charge in [-0.1, -0.05) is 0 Å². The van der Waals surface area contributed by atoms with Crippen LogP contribution in [0.4, 0.5) is 4.79 Å². The first-order chi connectivity index (χ1) is 8.50. The smallest absolute Gasteiger partial charge is 0.317 e. The maximum atomic E-state index is 11.9. The first kappa shape index (κ1) is 14.0. The Balaban J connectivity index is 2.46. The molecule has 1 rings (SSSR count). The molecule has 0 aromatic carbocycles. The van der Waals surface area contributed by atoms with Crippen molar-refractivity contribution in [2.45, 2.75) is 32.9 Å². The summed E-state index contributed by atoms with van der Waals surface area (Å²) in [4.78, 5) is 23.9. The molecule has 7 nitrogen and oxygen atoms in total. The number of carboxylic acids is 1. The molecule has 0 spiro atoms. The number of amides is 2. The third-order valence-corrected chi connectivity index (χ3v) is 2.45. The lowest BCUT2D eigenvalue weighted by molar-refractivity contribution is -0.137. The highest BCUT2D eigenvalue weighted by Gasteiger charge is 2.17. The van der Waals surface area contributed by atoms with Gasteiger partial charge in [0.2, 0.25) is 0 Å². The molecule has 3 N–H and O–H groups in total. The summed E-state index contributed by atoms with van der Waals surface area (Å²) in [5.74, 6) is -0.914. The van der Waals surface area contributed by atoms with Gasteiger partial charge in [-0.05, 0) is 13.8 Å². The molecule has 0 unspecified atom stereocenters. The van der Waals surface area contributed by atoms with E-state index in [2.05, 4.69) is 15.5 Å². The molecule has 0 atom stereocenters. The number of carbonyl (C=O) groups excluding carboxylic acids is 1. The van der Waals surface area contributed by atoms with Crippen LogP contribution in [0.1, 0.15) is 25.8 Å². The van der Waals surface area contributed by atoms with Crippen LogP contribution >= 0.6 is 0 Å². The number of aromatic nitrogens is 2. The molecule has 7 heteroatoms. The van der Waals surface area contributed by atoms with E-state index in [0.717, 1.165) is 5.56 Å². The summed E-state index contributed by atoms with van der Waals surface area (Å²) in [5.41, 5.74) is 0.866. The van der Waals surface area contributed by atoms with Crippen molar-refractivity contribution in [3.05, 3.63) is 18.0 Å². The number of nitrogens with one attached hydrogen (secondary N) is 2. The first-order valence-corrected chi connectivity index (χ1v) is 5.74. The Kier molecular flexibility index (Phi) is 5.16. The van der Waals surface area contributed by atoms with Crippen molar-refractivity contribution in [3.63, 3.8) is 0 Å². The van der Waals surface area contributed by atoms with Crippen LogP contribution in [0, 0.1) is 0 Å². The zero-order valence-electron chi connectivity index (χ0n) is 10.5. The summed E-state index contributed by atoms with van der Waals surface area (Å²) in [7, 11) is 0. The van der Waals surface area contributed by atoms with Crippen molar-refractivity contribution in [1.82, 2.24) is 20.4 Å². The van der Waals surface area contributed by atoms with Gasteiger partial charge in [0.1, 0.15) is 0 Å². The third-order valence-electron chi connectivity index (χ3n) is 2.45. The first-order valence-electron chi connectivity index (χ1n) is 5.74. The average Bonchev–Trinajstić information content (AvgIpc) is 2.78. The maximum Gasteiger partial charge on any atom is 0.317 e. The molecule has 100 valence electrons. The lowest BCUT2D eigenvalue weighted by atomic mass is 10.3. The fraction of sp³-hybridized carbons (Fsp3) is 0.545. The number of H-pyrrole nitrogens is 1. The number of hydrogen-bond donors (Lipinski definition) is 3. The van der Waals surface area contributed by atoms with Crippen LogP contribution in [-0.4, -0.2) is 44.8 Å². The van der Waals surface area contributed by atoms with Crippen molar-refractivity contribution in [1.29, 1.82) is 0 Å². The van der Waals surface area contributed by atoms with Crippen LogP contribution in [0.15, 0.2) is 12.4 Å². The summed E-state index contributed by atoms with van der Waals surface area (Å²) in [6.45, 7) is 4.26. The summed E-state index contributed by atoms with van der Waals surface area (Å²) >= 11 is 0. The lowest BCUT2D eigenvalue weighted by Gasteiger charge is -2.26. The van der Waals surface area contributed by atoms with E-state index in [1.54, 1.807) is 12.4 Å². The van der Waals surface area contributed by atoms with Crippen LogP contribution in [0.5, 0.6) is 0 Å². The molecule has 0 radical (unpaired) electrons. The van der Waals surface area contributed by atoms with Gasteiger partial charge in [-0.25, -0.2) is 4.79 Å². The topological polar surface area (TPSA) is 98.3 Å². The van der Waals surface area contributed by atoms with E-state index in [4.69, 9.17) is 5.11 Å². The lowest BCUT2D eigenvalue weighted by Crippen LogP contribution is -2.44. The summed E-state index contributed by atoms with van der Waals surface area (Å²) < 4.78 is 0. The Morgan fingerprint density at radius 1 is 1.56 bits per heavy atom. The molecule has 0 fully saturated rings. The minimum absolute atomic E-state index is 0.0475. The van der Waals surface area contributed by atoms with Crippen LogP contribution in [0.25, 0.3) is 0 Å². The summed E-state index contributed by atoms with van der Waals surface area (Å²) in [6, 6.07) is -0.318. The Morgan fingerprint density at radius 3 is 2.78 bits per heavy atom. The largest absolute Gasteiger partial charge is 0.481 e. The summed E-state index contributed by atoms with van der Waals surface area (Å²) in [6.07, 6.45) is 3.26. The highest BCUT2D eigenvalue weighted by Crippen LogP contribution is 2.02. The van der Waals surface area contributed by atoms with E-state index in [1.165, 1.54) is 4.90 Å². The van der Waals surface area contributed by atoms with Gasteiger partial charge < -0.3 is 15.3 Å². The van der Waals surface area contributed by atoms with Gasteiger partial charge in [-0.2, -0.15) is 5.10 Å². The molecule has 0 saturated heterocycles. The molecule has 0 aliphatic rings. The monoisotopic (exact) mass is 254 g/mol. The fourth-order valence-corrected chi connectivity index (χ4v) is 1.46. The molecule has 1 aromatic heterocycles. The number of aliphatic carboxylic acids is 1. The zero-order valence-corrected chi connectivity index (χ0v) is 10.5. The second kappa shape index (κ2) is 6.63. The number of nitrogens with zero attached hydrogens (tertiary/aromatic N) is 2. The van der Waals surface area contributed by atoms with Gasteiger partial charge in [0.05, 0.1) is 12.6 Å². The van der Waals surface area contributed by atoms with Crippen molar-refractivity contribution in [2.75, 3.05) is 6.54 Å². The highest BCUT2D eigenvalue weighted by atomic mass is 16.4. The van der Waals surface area contributed by atoms with Gasteiger partial charge in [-0.3, -0.25) is 9.89 Å². The summed E-state index contributed by atoms with van der Waals surface area (Å²) in [5, 5.41) is 17.8. The number of carboxylic acid groups (broad SMARTS) is 1. The van der Waals surface area contributed by atoms with Gasteiger partial charge in [-0.15, -0.1) is 0 Å². The second-order valence-electron chi connectivity index (χ2n) is 4.20. The number of aromatic amines is 1. The van der Waals surface area contributed by atoms with Gasteiger partial charge in [0.25, 0.3) is 0 Å². The average molecular weight is 254 g/mol. The number of urea groups is 1. The van der Waals surface area contributed by atoms with Crippen molar-refractivity contribution >= 4 is 12.0 Å². The van der Waals surface area contributed by atoms with E-state index in [-0.39, 0.29) is 25.0 Å². The molecule has 0 saturated carbocycles. The number of carbonyl (C=O) groups is 2. The number of hydrogen-bond acceptors (Lipinski definition) is 3. The van der Waals surface area contributed by atoms with Gasteiger partial charge in [0, 0.05) is 30.9 Å². The number of rotatable bonds is 6. The van der Waals surface area contributed by atoms with E-state index >= 15 is 0 Å². The minimum Gasteiger partial charge on any atom is -0.481 e. The zero-order chi connectivity index (χ0) is 13.5. The molecule has 0 bridgehead atoms. The minimum atomic E-state index is -0.914. The molecule has 1 aromatic rings. The molecular formula is C11H18N4O3. The Hall–Kier alpha value is -2.05. The van der Waals surface area contributed by atoms with Crippen LogP contribution in [0.3, 0.4) is 0 Å². The molecule has 1 heterocycles. The normalized spacial score (nSPS) is 10.4. The van der Waals surface area contributed by atoms with Crippen LogP contribution < -0.4 is 5.32 Å². The van der Waals surface area contributed by atoms with E-state index < -0.39 is 5.97 Å². The predicted molar refractivity (Wildman–Crippen MR) is 64.9 cm³/mol. The van der Waals surface area contributed by atoms with Crippen molar-refractivity contribution < 1.29 is 14.7 Å². The fourth-order valence-electron chi connectivity index (χ4n) is 1.46. The highest BCUT2D eigenvalue weighted by molar-refractivity contribution is 5.75. The standard InChI is InChI=1S/C11H18N4O3/c1-8(2)15(4-3-10(16)17)11(18)12-5-9-6-13-14-7-9/h6-8H,3-5H2,1-2H3,(H,12,18)(H,13,14)(H,16,17). The second-order valence-corrected chi connectivity index (χ2v) is 4.20. The maximum absolute atomic E-state index is 11.9. The molecule has 18 heavy (non-hydrogen) atoms. The van der Waals surface area contributed by atoms with Crippen LogP contribution in [-0.2, 0) is 11.3 Å². The SMILES string of the molecule is CC(C)N(CCC(=O)O)C(=O)NCc1cn[nH]c1. The van der Waals surface area contributed by atoms with Gasteiger partial charge in [0.15, 0.2) is 0 Å². The van der Waals surface area contributed by atoms with Gasteiger partial charge >= 0.3 is 12.0 Å². The quantitative estimate of drug-likeness (QED) is 0.699. The Labute approximate surface area is 105 Å². The predicted octanol–water partition coefficient (Wildman–Crippen LogP) is 0.804. The van der Waals surface area contributed by atoms with E-state index in [1.807, 2.05) is 13.8 Å². The molecule has 0 aliphatic carbocycles. The third kappa shape index (κ3) is 4.44. The Bertz CT molecular complexity index is 389. The molecule has 0 aliphatic heterocycles. The molecular weight excluding hydrogens is 236 g/mol. The van der Waals surface area contributed by atoms with Crippen LogP contribution in [0.2, 0.25) is 0 Å². The van der Waals surface area contributed by atoms with Crippen molar-refractivity contribution in [3.8, 4) is 0 Å².